The number of para-hydroxylation sites is 2. The van der Waals surface area contributed by atoms with Gasteiger partial charge in [0, 0.05) is 17.7 Å². The van der Waals surface area contributed by atoms with Gasteiger partial charge in [-0.25, -0.2) is 0 Å². The Bertz CT molecular complexity index is 1300. The van der Waals surface area contributed by atoms with E-state index < -0.39 is 6.04 Å². The van der Waals surface area contributed by atoms with Crippen LogP contribution in [0.4, 0.5) is 11.4 Å². The van der Waals surface area contributed by atoms with Gasteiger partial charge in [-0.05, 0) is 53.8 Å². The maximum atomic E-state index is 13.7. The normalized spacial score (nSPS) is 19.4. The van der Waals surface area contributed by atoms with Gasteiger partial charge in [-0.15, -0.1) is 0 Å². The lowest BCUT2D eigenvalue weighted by atomic mass is 9.78. The molecule has 2 aliphatic rings. The average molecular weight is 495 g/mol. The maximum Gasteiger partial charge on any atom is 0.163 e. The molecule has 0 bridgehead atoms. The summed E-state index contributed by atoms with van der Waals surface area (Å²) < 4.78 is 10.9. The molecule has 7 heteroatoms. The number of ether oxygens (including phenoxy) is 2. The van der Waals surface area contributed by atoms with Crippen molar-refractivity contribution in [3.63, 3.8) is 0 Å². The largest absolute Gasteiger partial charge is 0.493 e. The number of carbonyl (C=O) groups is 1. The van der Waals surface area contributed by atoms with E-state index in [0.717, 1.165) is 28.2 Å². The second-order valence-electron chi connectivity index (χ2n) is 8.43. The Labute approximate surface area is 208 Å². The molecule has 1 aliphatic carbocycles. The van der Waals surface area contributed by atoms with Crippen LogP contribution in [0.1, 0.15) is 35.9 Å². The predicted octanol–water partition coefficient (Wildman–Crippen LogP) is 6.99. The minimum atomic E-state index is -0.420. The number of fused-ring (bicyclic) bond motifs is 1. The molecule has 0 amide bonds. The van der Waals surface area contributed by atoms with Gasteiger partial charge in [0.1, 0.15) is 0 Å². The van der Waals surface area contributed by atoms with E-state index in [1.807, 2.05) is 54.6 Å². The summed E-state index contributed by atoms with van der Waals surface area (Å²) in [5.74, 6) is 1.38. The fourth-order valence-corrected chi connectivity index (χ4v) is 5.23. The SMILES string of the molecule is COc1ccc([C@H]2CC(=O)C3=C(C2)Nc2ccccc2N[C@@H]3c2cccc(Cl)c2Cl)cc1OC. The van der Waals surface area contributed by atoms with Crippen LogP contribution in [0.2, 0.25) is 10.0 Å². The summed E-state index contributed by atoms with van der Waals surface area (Å²) in [4.78, 5) is 13.7. The number of methoxy groups -OCH3 is 2. The van der Waals surface area contributed by atoms with Crippen molar-refractivity contribution in [2.75, 3.05) is 24.9 Å². The minimum Gasteiger partial charge on any atom is -0.493 e. The molecule has 0 saturated carbocycles. The van der Waals surface area contributed by atoms with Crippen molar-refractivity contribution >= 4 is 40.4 Å². The molecule has 0 fully saturated rings. The Hall–Kier alpha value is -3.15. The first-order valence-electron chi connectivity index (χ1n) is 11.0. The number of anilines is 2. The van der Waals surface area contributed by atoms with Crippen LogP contribution in [-0.4, -0.2) is 20.0 Å². The van der Waals surface area contributed by atoms with Crippen molar-refractivity contribution < 1.29 is 14.3 Å². The smallest absolute Gasteiger partial charge is 0.163 e. The highest BCUT2D eigenvalue weighted by atomic mass is 35.5. The molecule has 5 rings (SSSR count). The predicted molar refractivity (Wildman–Crippen MR) is 136 cm³/mol. The van der Waals surface area contributed by atoms with E-state index in [1.54, 1.807) is 20.3 Å². The Balaban J connectivity index is 1.61. The van der Waals surface area contributed by atoms with Gasteiger partial charge in [0.05, 0.1) is 41.7 Å². The lowest BCUT2D eigenvalue weighted by Gasteiger charge is -2.30. The van der Waals surface area contributed by atoms with Crippen LogP contribution >= 0.6 is 23.2 Å². The molecule has 0 saturated heterocycles. The monoisotopic (exact) mass is 494 g/mol. The van der Waals surface area contributed by atoms with Gasteiger partial charge < -0.3 is 20.1 Å². The molecule has 0 radical (unpaired) electrons. The third kappa shape index (κ3) is 3.99. The molecule has 2 N–H and O–H groups in total. The van der Waals surface area contributed by atoms with Crippen LogP contribution in [0.25, 0.3) is 0 Å². The molecule has 2 atom stereocenters. The standard InChI is InChI=1S/C27H24Cl2N2O3/c1-33-23-11-10-15(14-24(23)34-2)16-12-21-25(22(32)13-16)27(17-6-5-7-18(28)26(17)29)31-20-9-4-3-8-19(20)30-21/h3-11,14,16,27,30-31H,12-13H2,1-2H3/t16-,27-/m1/s1. The first-order valence-corrected chi connectivity index (χ1v) is 11.8. The van der Waals surface area contributed by atoms with Crippen molar-refractivity contribution in [1.82, 2.24) is 0 Å². The lowest BCUT2D eigenvalue weighted by Crippen LogP contribution is -2.27. The quantitative estimate of drug-likeness (QED) is 0.409. The van der Waals surface area contributed by atoms with E-state index in [9.17, 15) is 4.79 Å². The van der Waals surface area contributed by atoms with Gasteiger partial charge in [0.15, 0.2) is 17.3 Å². The molecule has 5 nitrogen and oxygen atoms in total. The van der Waals surface area contributed by atoms with Crippen molar-refractivity contribution in [2.45, 2.75) is 24.8 Å². The Morgan fingerprint density at radius 1 is 0.882 bits per heavy atom. The molecule has 34 heavy (non-hydrogen) atoms. The number of halogens is 2. The van der Waals surface area contributed by atoms with Gasteiger partial charge in [-0.3, -0.25) is 4.79 Å². The Kier molecular flexibility index (Phi) is 6.15. The third-order valence-corrected chi connectivity index (χ3v) is 7.31. The number of allylic oxidation sites excluding steroid dienone is 1. The van der Waals surface area contributed by atoms with Crippen molar-refractivity contribution in [3.8, 4) is 11.5 Å². The van der Waals surface area contributed by atoms with Gasteiger partial charge in [-0.2, -0.15) is 0 Å². The Morgan fingerprint density at radius 3 is 2.41 bits per heavy atom. The van der Waals surface area contributed by atoms with Crippen molar-refractivity contribution in [3.05, 3.63) is 93.1 Å². The molecule has 0 aromatic heterocycles. The summed E-state index contributed by atoms with van der Waals surface area (Å²) in [5, 5.41) is 7.99. The number of carbonyl (C=O) groups excluding carboxylic acids is 1. The van der Waals surface area contributed by atoms with Crippen LogP contribution in [0, 0.1) is 0 Å². The number of rotatable bonds is 4. The summed E-state index contributed by atoms with van der Waals surface area (Å²) >= 11 is 13.0. The van der Waals surface area contributed by atoms with E-state index >= 15 is 0 Å². The van der Waals surface area contributed by atoms with E-state index in [0.29, 0.717) is 40.0 Å². The zero-order valence-electron chi connectivity index (χ0n) is 18.8. The number of ketones is 1. The third-order valence-electron chi connectivity index (χ3n) is 6.48. The number of Topliss-reactive ketones (excluding diaryl/α,β-unsaturated/α-hetero) is 1. The first-order chi connectivity index (χ1) is 16.5. The first kappa shape index (κ1) is 22.6. The molecule has 0 unspecified atom stereocenters. The molecule has 3 aromatic rings. The average Bonchev–Trinajstić information content (AvgIpc) is 3.02. The number of hydrogen-bond donors (Lipinski definition) is 2. The second-order valence-corrected chi connectivity index (χ2v) is 9.21. The van der Waals surface area contributed by atoms with Crippen LogP contribution in [0.15, 0.2) is 71.9 Å². The van der Waals surface area contributed by atoms with Gasteiger partial charge in [-0.1, -0.05) is 53.5 Å². The van der Waals surface area contributed by atoms with Crippen LogP contribution in [0.3, 0.4) is 0 Å². The molecule has 174 valence electrons. The van der Waals surface area contributed by atoms with Crippen LogP contribution in [-0.2, 0) is 4.79 Å². The minimum absolute atomic E-state index is 0.000647. The van der Waals surface area contributed by atoms with E-state index in [1.165, 1.54) is 0 Å². The highest BCUT2D eigenvalue weighted by Crippen LogP contribution is 2.46. The molecule has 3 aromatic carbocycles. The second kappa shape index (κ2) is 9.24. The number of benzene rings is 3. The summed E-state index contributed by atoms with van der Waals surface area (Å²) in [6.45, 7) is 0. The summed E-state index contributed by atoms with van der Waals surface area (Å²) in [6, 6.07) is 18.9. The lowest BCUT2D eigenvalue weighted by molar-refractivity contribution is -0.116. The molecule has 1 heterocycles. The van der Waals surface area contributed by atoms with Gasteiger partial charge >= 0.3 is 0 Å². The van der Waals surface area contributed by atoms with Crippen molar-refractivity contribution in [1.29, 1.82) is 0 Å². The van der Waals surface area contributed by atoms with E-state index in [2.05, 4.69) is 10.6 Å². The highest BCUT2D eigenvalue weighted by molar-refractivity contribution is 6.42. The maximum absolute atomic E-state index is 13.7. The van der Waals surface area contributed by atoms with Crippen molar-refractivity contribution in [2.24, 2.45) is 0 Å². The molecule has 1 aliphatic heterocycles. The van der Waals surface area contributed by atoms with Gasteiger partial charge in [0.25, 0.3) is 0 Å². The zero-order chi connectivity index (χ0) is 23.8. The van der Waals surface area contributed by atoms with E-state index in [4.69, 9.17) is 32.7 Å². The Morgan fingerprint density at radius 2 is 1.65 bits per heavy atom. The molecular formula is C27H24Cl2N2O3. The summed E-state index contributed by atoms with van der Waals surface area (Å²) in [5.41, 5.74) is 5.19. The van der Waals surface area contributed by atoms with Gasteiger partial charge in [0.2, 0.25) is 0 Å². The fraction of sp³-hybridized carbons (Fsp3) is 0.222. The number of nitrogens with one attached hydrogen (secondary N) is 2. The van der Waals surface area contributed by atoms with E-state index in [-0.39, 0.29) is 11.7 Å². The topological polar surface area (TPSA) is 59.6 Å². The van der Waals surface area contributed by atoms with Crippen LogP contribution < -0.4 is 20.1 Å². The highest BCUT2D eigenvalue weighted by Gasteiger charge is 2.37. The zero-order valence-corrected chi connectivity index (χ0v) is 20.3. The van der Waals surface area contributed by atoms with Crippen LogP contribution in [0.5, 0.6) is 11.5 Å². The molecule has 0 spiro atoms. The summed E-state index contributed by atoms with van der Waals surface area (Å²) in [7, 11) is 3.23. The fourth-order valence-electron chi connectivity index (χ4n) is 4.81. The molecular weight excluding hydrogens is 471 g/mol. The number of hydrogen-bond acceptors (Lipinski definition) is 5. The summed E-state index contributed by atoms with van der Waals surface area (Å²) in [6.07, 6.45) is 1.05.